The molecule has 3 heteroatoms. The van der Waals surface area contributed by atoms with E-state index in [1.165, 1.54) is 0 Å². The zero-order valence-corrected chi connectivity index (χ0v) is 10.4. The van der Waals surface area contributed by atoms with Gasteiger partial charge in [0.25, 0.3) is 0 Å². The molecule has 0 bridgehead atoms. The van der Waals surface area contributed by atoms with Crippen molar-refractivity contribution in [2.45, 2.75) is 46.6 Å². The highest BCUT2D eigenvalue weighted by Gasteiger charge is 2.39. The molecular formula is C12H24N2O. The van der Waals surface area contributed by atoms with Gasteiger partial charge in [0.15, 0.2) is 0 Å². The average Bonchev–Trinajstić information content (AvgIpc) is 2.40. The van der Waals surface area contributed by atoms with E-state index in [1.807, 2.05) is 11.8 Å². The third-order valence-electron chi connectivity index (χ3n) is 3.47. The Balaban J connectivity index is 2.57. The van der Waals surface area contributed by atoms with E-state index in [-0.39, 0.29) is 23.3 Å². The van der Waals surface area contributed by atoms with Crippen molar-refractivity contribution >= 4 is 5.91 Å². The highest BCUT2D eigenvalue weighted by molar-refractivity contribution is 5.79. The fraction of sp³-hybridized carbons (Fsp3) is 0.917. The summed E-state index contributed by atoms with van der Waals surface area (Å²) in [5.41, 5.74) is 6.09. The first-order chi connectivity index (χ1) is 6.88. The number of nitrogens with two attached hydrogens (primary N) is 1. The summed E-state index contributed by atoms with van der Waals surface area (Å²) in [5.74, 6) is 0.425. The number of rotatable bonds is 3. The van der Waals surface area contributed by atoms with Gasteiger partial charge in [0.05, 0.1) is 0 Å². The molecule has 3 nitrogen and oxygen atoms in total. The Labute approximate surface area is 93.0 Å². The number of likely N-dealkylation sites (tertiary alicyclic amines) is 1. The van der Waals surface area contributed by atoms with Crippen LogP contribution in [0.15, 0.2) is 0 Å². The first-order valence-electron chi connectivity index (χ1n) is 5.93. The standard InChI is InChI=1S/C12H24N2O/c1-5-6-9(2)11(15)14-7-10(13)12(3,4)8-14/h9-10H,5-8,13H2,1-4H3. The van der Waals surface area contributed by atoms with E-state index in [0.717, 1.165) is 25.9 Å². The van der Waals surface area contributed by atoms with E-state index in [4.69, 9.17) is 5.73 Å². The van der Waals surface area contributed by atoms with Gasteiger partial charge in [-0.2, -0.15) is 0 Å². The van der Waals surface area contributed by atoms with Crippen molar-refractivity contribution < 1.29 is 4.79 Å². The summed E-state index contributed by atoms with van der Waals surface area (Å²) < 4.78 is 0. The molecule has 0 aromatic carbocycles. The summed E-state index contributed by atoms with van der Waals surface area (Å²) in [6, 6.07) is 0.121. The molecule has 2 atom stereocenters. The molecule has 0 aromatic rings. The second kappa shape index (κ2) is 4.52. The Morgan fingerprint density at radius 1 is 1.60 bits per heavy atom. The number of nitrogens with zero attached hydrogens (tertiary/aromatic N) is 1. The Morgan fingerprint density at radius 3 is 2.60 bits per heavy atom. The number of amides is 1. The first-order valence-corrected chi connectivity index (χ1v) is 5.93. The van der Waals surface area contributed by atoms with E-state index in [9.17, 15) is 4.79 Å². The maximum Gasteiger partial charge on any atom is 0.225 e. The fourth-order valence-electron chi connectivity index (χ4n) is 2.19. The third kappa shape index (κ3) is 2.71. The molecule has 1 heterocycles. The molecule has 0 spiro atoms. The molecule has 1 aliphatic rings. The summed E-state index contributed by atoms with van der Waals surface area (Å²) in [6.07, 6.45) is 2.04. The lowest BCUT2D eigenvalue weighted by Crippen LogP contribution is -2.36. The lowest BCUT2D eigenvalue weighted by atomic mass is 9.89. The average molecular weight is 212 g/mol. The number of hydrogen-bond donors (Lipinski definition) is 1. The van der Waals surface area contributed by atoms with Crippen molar-refractivity contribution in [2.24, 2.45) is 17.1 Å². The van der Waals surface area contributed by atoms with Crippen LogP contribution in [0.1, 0.15) is 40.5 Å². The fourth-order valence-corrected chi connectivity index (χ4v) is 2.19. The SMILES string of the molecule is CCCC(C)C(=O)N1CC(N)C(C)(C)C1. The van der Waals surface area contributed by atoms with Gasteiger partial charge < -0.3 is 10.6 Å². The number of hydrogen-bond acceptors (Lipinski definition) is 2. The molecule has 88 valence electrons. The topological polar surface area (TPSA) is 46.3 Å². The lowest BCUT2D eigenvalue weighted by Gasteiger charge is -2.23. The summed E-state index contributed by atoms with van der Waals surface area (Å²) >= 11 is 0. The second-order valence-electron chi connectivity index (χ2n) is 5.50. The zero-order valence-electron chi connectivity index (χ0n) is 10.4. The van der Waals surface area contributed by atoms with Crippen LogP contribution in [-0.2, 0) is 4.79 Å². The van der Waals surface area contributed by atoms with Crippen molar-refractivity contribution in [3.63, 3.8) is 0 Å². The maximum absolute atomic E-state index is 12.0. The molecule has 0 aromatic heterocycles. The van der Waals surface area contributed by atoms with E-state index >= 15 is 0 Å². The summed E-state index contributed by atoms with van der Waals surface area (Å²) in [7, 11) is 0. The predicted molar refractivity (Wildman–Crippen MR) is 62.4 cm³/mol. The minimum atomic E-state index is 0.0710. The Bertz CT molecular complexity index is 238. The molecular weight excluding hydrogens is 188 g/mol. The Hall–Kier alpha value is -0.570. The number of carbonyl (C=O) groups excluding carboxylic acids is 1. The van der Waals surface area contributed by atoms with Crippen LogP contribution in [0.5, 0.6) is 0 Å². The minimum Gasteiger partial charge on any atom is -0.340 e. The number of carbonyl (C=O) groups is 1. The Kier molecular flexibility index (Phi) is 3.77. The van der Waals surface area contributed by atoms with Crippen LogP contribution in [0, 0.1) is 11.3 Å². The van der Waals surface area contributed by atoms with Gasteiger partial charge in [0.2, 0.25) is 5.91 Å². The molecule has 1 aliphatic heterocycles. The van der Waals surface area contributed by atoms with Crippen LogP contribution >= 0.6 is 0 Å². The molecule has 1 amide bonds. The van der Waals surface area contributed by atoms with Crippen LogP contribution in [0.4, 0.5) is 0 Å². The normalized spacial score (nSPS) is 26.7. The highest BCUT2D eigenvalue weighted by atomic mass is 16.2. The Morgan fingerprint density at radius 2 is 2.20 bits per heavy atom. The van der Waals surface area contributed by atoms with Crippen molar-refractivity contribution in [3.05, 3.63) is 0 Å². The van der Waals surface area contributed by atoms with Gasteiger partial charge in [-0.1, -0.05) is 34.1 Å². The zero-order chi connectivity index (χ0) is 11.6. The van der Waals surface area contributed by atoms with Crippen LogP contribution in [-0.4, -0.2) is 29.9 Å². The van der Waals surface area contributed by atoms with Crippen molar-refractivity contribution in [2.75, 3.05) is 13.1 Å². The predicted octanol–water partition coefficient (Wildman–Crippen LogP) is 1.62. The summed E-state index contributed by atoms with van der Waals surface area (Å²) in [4.78, 5) is 14.0. The van der Waals surface area contributed by atoms with Crippen LogP contribution in [0.25, 0.3) is 0 Å². The van der Waals surface area contributed by atoms with Crippen molar-refractivity contribution in [1.82, 2.24) is 4.90 Å². The summed E-state index contributed by atoms with van der Waals surface area (Å²) in [6.45, 7) is 9.93. The van der Waals surface area contributed by atoms with Gasteiger partial charge in [-0.3, -0.25) is 4.79 Å². The maximum atomic E-state index is 12.0. The molecule has 1 saturated heterocycles. The quantitative estimate of drug-likeness (QED) is 0.772. The van der Waals surface area contributed by atoms with E-state index < -0.39 is 0 Å². The molecule has 0 aliphatic carbocycles. The molecule has 15 heavy (non-hydrogen) atoms. The van der Waals surface area contributed by atoms with Crippen LogP contribution in [0.3, 0.4) is 0 Å². The van der Waals surface area contributed by atoms with Crippen molar-refractivity contribution in [3.8, 4) is 0 Å². The van der Waals surface area contributed by atoms with E-state index in [0.29, 0.717) is 0 Å². The third-order valence-corrected chi connectivity index (χ3v) is 3.47. The van der Waals surface area contributed by atoms with Gasteiger partial charge in [-0.15, -0.1) is 0 Å². The highest BCUT2D eigenvalue weighted by Crippen LogP contribution is 2.29. The van der Waals surface area contributed by atoms with E-state index in [1.54, 1.807) is 0 Å². The van der Waals surface area contributed by atoms with Crippen molar-refractivity contribution in [1.29, 1.82) is 0 Å². The molecule has 1 fully saturated rings. The monoisotopic (exact) mass is 212 g/mol. The van der Waals surface area contributed by atoms with Gasteiger partial charge >= 0.3 is 0 Å². The van der Waals surface area contributed by atoms with Gasteiger partial charge in [-0.25, -0.2) is 0 Å². The van der Waals surface area contributed by atoms with Crippen LogP contribution in [0.2, 0.25) is 0 Å². The van der Waals surface area contributed by atoms with E-state index in [2.05, 4.69) is 20.8 Å². The summed E-state index contributed by atoms with van der Waals surface area (Å²) in [5, 5.41) is 0. The largest absolute Gasteiger partial charge is 0.340 e. The molecule has 0 radical (unpaired) electrons. The first kappa shape index (κ1) is 12.5. The smallest absolute Gasteiger partial charge is 0.225 e. The molecule has 2 N–H and O–H groups in total. The lowest BCUT2D eigenvalue weighted by molar-refractivity contribution is -0.134. The van der Waals surface area contributed by atoms with Gasteiger partial charge in [0.1, 0.15) is 0 Å². The second-order valence-corrected chi connectivity index (χ2v) is 5.50. The van der Waals surface area contributed by atoms with Gasteiger partial charge in [-0.05, 0) is 11.8 Å². The van der Waals surface area contributed by atoms with Crippen LogP contribution < -0.4 is 5.73 Å². The molecule has 1 rings (SSSR count). The molecule has 2 unspecified atom stereocenters. The van der Waals surface area contributed by atoms with Gasteiger partial charge in [0, 0.05) is 25.0 Å². The minimum absolute atomic E-state index is 0.0710. The molecule has 0 saturated carbocycles.